The number of nitrogens with zero attached hydrogens (tertiary/aromatic N) is 4. The molecule has 0 aliphatic heterocycles. The molecule has 5 nitrogen and oxygen atoms in total. The number of carbonyl (C=O) groups excluding carboxylic acids is 1. The van der Waals surface area contributed by atoms with E-state index >= 15 is 0 Å². The van der Waals surface area contributed by atoms with Gasteiger partial charge in [0.1, 0.15) is 0 Å². The second kappa shape index (κ2) is 8.73. The molecule has 1 unspecified atom stereocenters. The van der Waals surface area contributed by atoms with E-state index in [1.54, 1.807) is 4.90 Å². The van der Waals surface area contributed by atoms with Gasteiger partial charge in [-0.25, -0.2) is 0 Å². The van der Waals surface area contributed by atoms with E-state index in [0.717, 1.165) is 5.69 Å². The van der Waals surface area contributed by atoms with Gasteiger partial charge in [0.25, 0.3) is 0 Å². The zero-order valence-corrected chi connectivity index (χ0v) is 12.5. The maximum absolute atomic E-state index is 12.6. The van der Waals surface area contributed by atoms with Crippen molar-refractivity contribution >= 4 is 11.6 Å². The summed E-state index contributed by atoms with van der Waals surface area (Å²) in [5, 5.41) is 17.4. The lowest BCUT2D eigenvalue weighted by atomic mass is 10.2. The second-order valence-corrected chi connectivity index (χ2v) is 4.80. The number of anilines is 1. The van der Waals surface area contributed by atoms with Crippen LogP contribution >= 0.6 is 0 Å². The summed E-state index contributed by atoms with van der Waals surface area (Å²) >= 11 is 0. The van der Waals surface area contributed by atoms with Crippen LogP contribution in [0.3, 0.4) is 0 Å². The Morgan fingerprint density at radius 3 is 2.29 bits per heavy atom. The molecular weight excluding hydrogens is 264 g/mol. The fourth-order valence-corrected chi connectivity index (χ4v) is 1.97. The van der Waals surface area contributed by atoms with Crippen LogP contribution in [0.2, 0.25) is 0 Å². The Balaban J connectivity index is 2.86. The fraction of sp³-hybridized carbons (Fsp3) is 0.438. The number of para-hydroxylation sites is 1. The Morgan fingerprint density at radius 1 is 1.14 bits per heavy atom. The Morgan fingerprint density at radius 2 is 1.71 bits per heavy atom. The number of hydrogen-bond donors (Lipinski definition) is 0. The molecule has 1 rings (SSSR count). The molecular formula is C16H20N4O. The molecule has 110 valence electrons. The van der Waals surface area contributed by atoms with Gasteiger partial charge in [0.2, 0.25) is 5.91 Å². The second-order valence-electron chi connectivity index (χ2n) is 4.80. The number of likely N-dealkylation sites (N-methyl/N-ethyl adjacent to an activating group) is 1. The summed E-state index contributed by atoms with van der Waals surface area (Å²) in [7, 11) is 1.83. The van der Waals surface area contributed by atoms with Crippen LogP contribution in [-0.4, -0.2) is 37.0 Å². The molecule has 1 amide bonds. The lowest BCUT2D eigenvalue weighted by molar-refractivity contribution is -0.122. The fourth-order valence-electron chi connectivity index (χ4n) is 1.97. The molecule has 0 aliphatic carbocycles. The molecule has 1 aromatic rings. The first-order chi connectivity index (χ1) is 10.1. The van der Waals surface area contributed by atoms with Crippen LogP contribution < -0.4 is 4.90 Å². The molecule has 0 fully saturated rings. The van der Waals surface area contributed by atoms with Crippen molar-refractivity contribution in [3.63, 3.8) is 0 Å². The summed E-state index contributed by atoms with van der Waals surface area (Å²) in [5.41, 5.74) is 0.790. The molecule has 1 atom stereocenters. The van der Waals surface area contributed by atoms with E-state index in [1.807, 2.05) is 49.2 Å². The third kappa shape index (κ3) is 4.91. The van der Waals surface area contributed by atoms with E-state index in [-0.39, 0.29) is 18.4 Å². The Bertz CT molecular complexity index is 529. The van der Waals surface area contributed by atoms with Crippen molar-refractivity contribution in [3.8, 4) is 12.1 Å². The number of benzene rings is 1. The minimum Gasteiger partial charge on any atom is -0.310 e. The topological polar surface area (TPSA) is 71.1 Å². The van der Waals surface area contributed by atoms with Crippen molar-refractivity contribution < 1.29 is 4.79 Å². The smallest absolute Gasteiger partial charge is 0.244 e. The van der Waals surface area contributed by atoms with Crippen molar-refractivity contribution in [1.82, 2.24) is 4.90 Å². The van der Waals surface area contributed by atoms with E-state index in [4.69, 9.17) is 10.5 Å². The maximum atomic E-state index is 12.6. The highest BCUT2D eigenvalue weighted by Gasteiger charge is 2.24. The number of carbonyl (C=O) groups is 1. The zero-order chi connectivity index (χ0) is 15.7. The zero-order valence-electron chi connectivity index (χ0n) is 12.5. The van der Waals surface area contributed by atoms with Gasteiger partial charge in [0.15, 0.2) is 0 Å². The number of rotatable bonds is 7. The third-order valence-corrected chi connectivity index (χ3v) is 3.38. The minimum atomic E-state index is -0.336. The Kier molecular flexibility index (Phi) is 6.94. The largest absolute Gasteiger partial charge is 0.310 e. The SMILES string of the molecule is CC(C(=O)N(CCC#N)c1ccccc1)N(C)CCC#N. The molecule has 0 N–H and O–H groups in total. The average Bonchev–Trinajstić information content (AvgIpc) is 2.53. The van der Waals surface area contributed by atoms with Crippen molar-refractivity contribution in [1.29, 1.82) is 10.5 Å². The van der Waals surface area contributed by atoms with Gasteiger partial charge in [0.05, 0.1) is 24.6 Å². The van der Waals surface area contributed by atoms with Gasteiger partial charge in [0, 0.05) is 25.2 Å². The minimum absolute atomic E-state index is 0.0584. The van der Waals surface area contributed by atoms with Crippen LogP contribution in [0.5, 0.6) is 0 Å². The quantitative estimate of drug-likeness (QED) is 0.769. The molecule has 0 aliphatic rings. The summed E-state index contributed by atoms with van der Waals surface area (Å²) in [6.45, 7) is 2.74. The highest BCUT2D eigenvalue weighted by molar-refractivity contribution is 5.96. The third-order valence-electron chi connectivity index (χ3n) is 3.38. The molecule has 1 aromatic carbocycles. The highest BCUT2D eigenvalue weighted by Crippen LogP contribution is 2.16. The van der Waals surface area contributed by atoms with Crippen LogP contribution in [0.4, 0.5) is 5.69 Å². The number of nitriles is 2. The Labute approximate surface area is 126 Å². The van der Waals surface area contributed by atoms with Crippen LogP contribution in [0, 0.1) is 22.7 Å². The summed E-state index contributed by atoms with van der Waals surface area (Å²) in [4.78, 5) is 16.1. The van der Waals surface area contributed by atoms with E-state index in [9.17, 15) is 4.79 Å². The van der Waals surface area contributed by atoms with E-state index in [2.05, 4.69) is 12.1 Å². The summed E-state index contributed by atoms with van der Waals surface area (Å²) in [5.74, 6) is -0.0584. The molecule has 0 saturated heterocycles. The number of amides is 1. The van der Waals surface area contributed by atoms with Crippen molar-refractivity contribution in [2.75, 3.05) is 25.0 Å². The molecule has 5 heteroatoms. The van der Waals surface area contributed by atoms with Gasteiger partial charge >= 0.3 is 0 Å². The predicted octanol–water partition coefficient (Wildman–Crippen LogP) is 2.17. The van der Waals surface area contributed by atoms with Crippen molar-refractivity contribution in [2.24, 2.45) is 0 Å². The lowest BCUT2D eigenvalue weighted by Crippen LogP contribution is -2.46. The molecule has 0 aromatic heterocycles. The first-order valence-corrected chi connectivity index (χ1v) is 6.92. The molecule has 0 saturated carbocycles. The van der Waals surface area contributed by atoms with E-state index in [0.29, 0.717) is 19.5 Å². The molecule has 0 radical (unpaired) electrons. The van der Waals surface area contributed by atoms with Crippen LogP contribution in [-0.2, 0) is 4.79 Å². The summed E-state index contributed by atoms with van der Waals surface area (Å²) < 4.78 is 0. The van der Waals surface area contributed by atoms with Crippen LogP contribution in [0.25, 0.3) is 0 Å². The average molecular weight is 284 g/mol. The van der Waals surface area contributed by atoms with Gasteiger partial charge in [-0.15, -0.1) is 0 Å². The normalized spacial score (nSPS) is 11.5. The number of hydrogen-bond acceptors (Lipinski definition) is 4. The lowest BCUT2D eigenvalue weighted by Gasteiger charge is -2.29. The van der Waals surface area contributed by atoms with Gasteiger partial charge in [-0.3, -0.25) is 9.69 Å². The standard InChI is InChI=1S/C16H20N4O/c1-14(19(2)12-6-10-17)16(21)20(13-7-11-18)15-8-4-3-5-9-15/h3-5,8-9,14H,6-7,12-13H2,1-2H3. The van der Waals surface area contributed by atoms with Crippen LogP contribution in [0.1, 0.15) is 19.8 Å². The van der Waals surface area contributed by atoms with Crippen LogP contribution in [0.15, 0.2) is 30.3 Å². The highest BCUT2D eigenvalue weighted by atomic mass is 16.2. The molecule has 0 heterocycles. The predicted molar refractivity (Wildman–Crippen MR) is 81.3 cm³/mol. The van der Waals surface area contributed by atoms with Crippen molar-refractivity contribution in [2.45, 2.75) is 25.8 Å². The molecule has 0 bridgehead atoms. The maximum Gasteiger partial charge on any atom is 0.244 e. The Hall–Kier alpha value is -2.37. The first kappa shape index (κ1) is 16.7. The van der Waals surface area contributed by atoms with Gasteiger partial charge in [-0.1, -0.05) is 18.2 Å². The van der Waals surface area contributed by atoms with Gasteiger partial charge in [-0.05, 0) is 26.1 Å². The first-order valence-electron chi connectivity index (χ1n) is 6.92. The summed E-state index contributed by atoms with van der Waals surface area (Å²) in [6.07, 6.45) is 0.674. The molecule has 0 spiro atoms. The monoisotopic (exact) mass is 284 g/mol. The van der Waals surface area contributed by atoms with Gasteiger partial charge < -0.3 is 4.90 Å². The van der Waals surface area contributed by atoms with Crippen molar-refractivity contribution in [3.05, 3.63) is 30.3 Å². The molecule has 21 heavy (non-hydrogen) atoms. The van der Waals surface area contributed by atoms with E-state index in [1.165, 1.54) is 0 Å². The summed E-state index contributed by atoms with van der Waals surface area (Å²) in [6, 6.07) is 13.2. The van der Waals surface area contributed by atoms with E-state index < -0.39 is 0 Å². The van der Waals surface area contributed by atoms with Gasteiger partial charge in [-0.2, -0.15) is 10.5 Å².